The zero-order valence-electron chi connectivity index (χ0n) is 20.0. The molecule has 35 heavy (non-hydrogen) atoms. The van der Waals surface area contributed by atoms with Gasteiger partial charge in [-0.05, 0) is 57.2 Å². The van der Waals surface area contributed by atoms with E-state index in [9.17, 15) is 14.7 Å². The van der Waals surface area contributed by atoms with Crippen LogP contribution < -0.4 is 21.7 Å². The monoisotopic (exact) mass is 528 g/mol. The van der Waals surface area contributed by atoms with Crippen LogP contribution in [0.2, 0.25) is 0 Å². The predicted molar refractivity (Wildman–Crippen MR) is 137 cm³/mol. The number of benzene rings is 1. The highest BCUT2D eigenvalue weighted by molar-refractivity contribution is 6.25. The fraction of sp³-hybridized carbons (Fsp3) is 0.680. The van der Waals surface area contributed by atoms with E-state index < -0.39 is 40.8 Å². The molecule has 6 unspecified atom stereocenters. The molecular formula is C25H38Cl2N4O4. The molecule has 2 fully saturated rings. The van der Waals surface area contributed by atoms with Crippen LogP contribution in [0.1, 0.15) is 44.1 Å². The van der Waals surface area contributed by atoms with Crippen molar-refractivity contribution >= 4 is 35.0 Å². The van der Waals surface area contributed by atoms with Crippen molar-refractivity contribution in [1.82, 2.24) is 16.0 Å². The molecule has 1 aliphatic carbocycles. The lowest BCUT2D eigenvalue weighted by molar-refractivity contribution is -0.136. The molecule has 1 aromatic carbocycles. The summed E-state index contributed by atoms with van der Waals surface area (Å²) in [6.45, 7) is 1.85. The zero-order valence-corrected chi connectivity index (χ0v) is 21.5. The van der Waals surface area contributed by atoms with Crippen molar-refractivity contribution in [2.75, 3.05) is 19.7 Å². The van der Waals surface area contributed by atoms with E-state index in [4.69, 9.17) is 33.7 Å². The number of carbonyl (C=O) groups excluding carboxylic acids is 2. The summed E-state index contributed by atoms with van der Waals surface area (Å²) in [5.74, 6) is -1.55. The summed E-state index contributed by atoms with van der Waals surface area (Å²) in [5.41, 5.74) is 6.44. The molecule has 2 aliphatic rings. The van der Waals surface area contributed by atoms with Gasteiger partial charge in [-0.15, -0.1) is 23.2 Å². The number of piperidine rings is 1. The molecule has 7 atom stereocenters. The first kappa shape index (κ1) is 28.2. The van der Waals surface area contributed by atoms with Gasteiger partial charge in [-0.2, -0.15) is 0 Å². The second-order valence-corrected chi connectivity index (χ2v) is 10.5. The van der Waals surface area contributed by atoms with Crippen molar-refractivity contribution in [2.24, 2.45) is 11.7 Å². The SMILES string of the molecule is NCCCCOC1C(Cl)CC(C(=O)N[C@@H](Cc2ccccc2)C(=O)NC2CCCCN2)C(O)C1Cl. The van der Waals surface area contributed by atoms with Gasteiger partial charge in [0.05, 0.1) is 35.0 Å². The molecule has 196 valence electrons. The smallest absolute Gasteiger partial charge is 0.244 e. The third-order valence-corrected chi connectivity index (χ3v) is 7.61. The molecule has 3 rings (SSSR count). The minimum Gasteiger partial charge on any atom is -0.391 e. The van der Waals surface area contributed by atoms with Gasteiger partial charge < -0.3 is 26.2 Å². The van der Waals surface area contributed by atoms with E-state index in [1.165, 1.54) is 0 Å². The Labute approximate surface area is 217 Å². The van der Waals surface area contributed by atoms with Gasteiger partial charge >= 0.3 is 0 Å². The van der Waals surface area contributed by atoms with Gasteiger partial charge in [0, 0.05) is 13.0 Å². The number of ether oxygens (including phenoxy) is 1. The van der Waals surface area contributed by atoms with Gasteiger partial charge in [0.15, 0.2) is 0 Å². The van der Waals surface area contributed by atoms with Crippen LogP contribution in [0.15, 0.2) is 30.3 Å². The van der Waals surface area contributed by atoms with E-state index in [1.807, 2.05) is 30.3 Å². The van der Waals surface area contributed by atoms with Gasteiger partial charge in [-0.25, -0.2) is 0 Å². The van der Waals surface area contributed by atoms with E-state index in [-0.39, 0.29) is 18.5 Å². The molecule has 1 saturated heterocycles. The van der Waals surface area contributed by atoms with Gasteiger partial charge in [0.1, 0.15) is 6.04 Å². The number of hydrogen-bond donors (Lipinski definition) is 5. The van der Waals surface area contributed by atoms with E-state index in [0.717, 1.165) is 44.2 Å². The number of carbonyl (C=O) groups is 2. The van der Waals surface area contributed by atoms with E-state index in [2.05, 4.69) is 16.0 Å². The first-order chi connectivity index (χ1) is 16.9. The molecule has 8 nitrogen and oxygen atoms in total. The number of amides is 2. The number of unbranched alkanes of at least 4 members (excludes halogenated alkanes) is 1. The summed E-state index contributed by atoms with van der Waals surface area (Å²) in [6.07, 6.45) is 3.23. The molecule has 1 saturated carbocycles. The summed E-state index contributed by atoms with van der Waals surface area (Å²) >= 11 is 13.0. The lowest BCUT2D eigenvalue weighted by Gasteiger charge is -2.39. The number of aliphatic hydroxyl groups is 1. The van der Waals surface area contributed by atoms with Crippen LogP contribution in [0.25, 0.3) is 0 Å². The highest BCUT2D eigenvalue weighted by Crippen LogP contribution is 2.34. The third-order valence-electron chi connectivity index (χ3n) is 6.68. The maximum Gasteiger partial charge on any atom is 0.244 e. The molecule has 10 heteroatoms. The Morgan fingerprint density at radius 3 is 2.66 bits per heavy atom. The van der Waals surface area contributed by atoms with Gasteiger partial charge in [0.25, 0.3) is 0 Å². The molecule has 1 aliphatic heterocycles. The van der Waals surface area contributed by atoms with Crippen molar-refractivity contribution in [2.45, 2.75) is 80.1 Å². The van der Waals surface area contributed by atoms with Crippen molar-refractivity contribution in [3.63, 3.8) is 0 Å². The van der Waals surface area contributed by atoms with Crippen molar-refractivity contribution in [3.05, 3.63) is 35.9 Å². The lowest BCUT2D eigenvalue weighted by atomic mass is 9.83. The first-order valence-electron chi connectivity index (χ1n) is 12.6. The second-order valence-electron chi connectivity index (χ2n) is 9.39. The molecule has 1 heterocycles. The highest BCUT2D eigenvalue weighted by Gasteiger charge is 2.46. The minimum absolute atomic E-state index is 0.122. The Bertz CT molecular complexity index is 797. The van der Waals surface area contributed by atoms with E-state index in [0.29, 0.717) is 19.6 Å². The van der Waals surface area contributed by atoms with Crippen molar-refractivity contribution < 1.29 is 19.4 Å². The van der Waals surface area contributed by atoms with Gasteiger partial charge in [-0.1, -0.05) is 30.3 Å². The van der Waals surface area contributed by atoms with E-state index in [1.54, 1.807) is 0 Å². The first-order valence-corrected chi connectivity index (χ1v) is 13.4. The summed E-state index contributed by atoms with van der Waals surface area (Å²) < 4.78 is 5.81. The van der Waals surface area contributed by atoms with Gasteiger partial charge in [-0.3, -0.25) is 14.9 Å². The normalized spacial score (nSPS) is 29.8. The molecule has 6 N–H and O–H groups in total. The van der Waals surface area contributed by atoms with Crippen LogP contribution >= 0.6 is 23.2 Å². The quantitative estimate of drug-likeness (QED) is 0.219. The Hall–Kier alpha value is -1.42. The maximum absolute atomic E-state index is 13.3. The fourth-order valence-electron chi connectivity index (χ4n) is 4.64. The third kappa shape index (κ3) is 8.30. The van der Waals surface area contributed by atoms with Crippen LogP contribution in [-0.4, -0.2) is 71.8 Å². The molecule has 0 aromatic heterocycles. The summed E-state index contributed by atoms with van der Waals surface area (Å²) in [6, 6.07) is 8.71. The minimum atomic E-state index is -1.15. The van der Waals surface area contributed by atoms with Crippen LogP contribution in [0, 0.1) is 5.92 Å². The fourth-order valence-corrected chi connectivity index (χ4v) is 5.56. The van der Waals surface area contributed by atoms with Crippen molar-refractivity contribution in [1.29, 1.82) is 0 Å². The highest BCUT2D eigenvalue weighted by atomic mass is 35.5. The number of halogens is 2. The summed E-state index contributed by atoms with van der Waals surface area (Å²) in [4.78, 5) is 26.4. The Balaban J connectivity index is 1.64. The molecule has 1 aromatic rings. The summed E-state index contributed by atoms with van der Waals surface area (Å²) in [5, 5.41) is 18.6. The predicted octanol–water partition coefficient (Wildman–Crippen LogP) is 1.65. The van der Waals surface area contributed by atoms with Gasteiger partial charge in [0.2, 0.25) is 11.8 Å². The number of nitrogens with two attached hydrogens (primary N) is 1. The molecule has 0 radical (unpaired) electrons. The Morgan fingerprint density at radius 2 is 1.97 bits per heavy atom. The van der Waals surface area contributed by atoms with E-state index >= 15 is 0 Å². The standard InChI is InChI=1S/C25H38Cl2N4O4/c26-18-15-17(22(32)21(27)23(18)35-13-7-5-11-28)24(33)30-19(14-16-8-2-1-3-9-16)25(34)31-20-10-4-6-12-29-20/h1-3,8-9,17-23,29,32H,4-7,10-15,28H2,(H,30,33)(H,31,34)/t17?,18?,19-,20?,21?,22?,23?/m0/s1. The molecule has 0 bridgehead atoms. The average molecular weight is 530 g/mol. The lowest BCUT2D eigenvalue weighted by Crippen LogP contribution is -2.59. The number of rotatable bonds is 11. The zero-order chi connectivity index (χ0) is 25.2. The van der Waals surface area contributed by atoms with Crippen LogP contribution in [0.3, 0.4) is 0 Å². The Kier molecular flexibility index (Phi) is 11.5. The largest absolute Gasteiger partial charge is 0.391 e. The van der Waals surface area contributed by atoms with Crippen molar-refractivity contribution in [3.8, 4) is 0 Å². The average Bonchev–Trinajstić information content (AvgIpc) is 2.86. The number of alkyl halides is 2. The number of nitrogens with one attached hydrogen (secondary N) is 3. The topological polar surface area (TPSA) is 126 Å². The summed E-state index contributed by atoms with van der Waals surface area (Å²) in [7, 11) is 0. The molecule has 2 amide bonds. The Morgan fingerprint density at radius 1 is 1.20 bits per heavy atom. The number of hydrogen-bond acceptors (Lipinski definition) is 6. The van der Waals surface area contributed by atoms with Crippen LogP contribution in [0.5, 0.6) is 0 Å². The molecule has 0 spiro atoms. The molecular weight excluding hydrogens is 491 g/mol. The second kappa shape index (κ2) is 14.4. The number of aliphatic hydroxyl groups excluding tert-OH is 1. The maximum atomic E-state index is 13.3. The van der Waals surface area contributed by atoms with Crippen LogP contribution in [0.4, 0.5) is 0 Å². The van der Waals surface area contributed by atoms with Crippen LogP contribution in [-0.2, 0) is 20.7 Å².